The van der Waals surface area contributed by atoms with Crippen molar-refractivity contribution in [2.24, 2.45) is 23.1 Å². The van der Waals surface area contributed by atoms with Gasteiger partial charge in [-0.05, 0) is 62.6 Å². The van der Waals surface area contributed by atoms with Crippen LogP contribution in [-0.2, 0) is 30.4 Å². The second-order valence-electron chi connectivity index (χ2n) is 10.6. The minimum Gasteiger partial charge on any atom is -0.480 e. The van der Waals surface area contributed by atoms with E-state index in [0.717, 1.165) is 16.5 Å². The predicted octanol–water partition coefficient (Wildman–Crippen LogP) is 0.0173. The van der Waals surface area contributed by atoms with Crippen molar-refractivity contribution in [2.45, 2.75) is 83.0 Å². The van der Waals surface area contributed by atoms with Gasteiger partial charge in [0.2, 0.25) is 23.6 Å². The highest BCUT2D eigenvalue weighted by atomic mass is 16.4. The molecule has 0 fully saturated rings. The topological polar surface area (TPSA) is 236 Å². The number of nitrogens with two attached hydrogens (primary N) is 3. The molecule has 226 valence electrons. The van der Waals surface area contributed by atoms with Crippen molar-refractivity contribution in [2.75, 3.05) is 6.54 Å². The summed E-state index contributed by atoms with van der Waals surface area (Å²) in [6.07, 6.45) is 3.15. The van der Waals surface area contributed by atoms with E-state index in [0.29, 0.717) is 19.4 Å². The summed E-state index contributed by atoms with van der Waals surface area (Å²) >= 11 is 0. The van der Waals surface area contributed by atoms with Gasteiger partial charge < -0.3 is 43.2 Å². The highest BCUT2D eigenvalue weighted by molar-refractivity contribution is 5.94. The summed E-state index contributed by atoms with van der Waals surface area (Å²) in [4.78, 5) is 65.6. The van der Waals surface area contributed by atoms with E-state index in [1.165, 1.54) is 0 Å². The van der Waals surface area contributed by atoms with E-state index in [-0.39, 0.29) is 38.0 Å². The zero-order valence-corrected chi connectivity index (χ0v) is 23.7. The zero-order valence-electron chi connectivity index (χ0n) is 23.7. The van der Waals surface area contributed by atoms with Crippen LogP contribution in [0.25, 0.3) is 10.9 Å². The number of carboxylic acid groups (broad SMARTS) is 1. The molecule has 13 nitrogen and oxygen atoms in total. The Balaban J connectivity index is 2.15. The highest BCUT2D eigenvalue weighted by Crippen LogP contribution is 2.19. The van der Waals surface area contributed by atoms with Crippen molar-refractivity contribution in [3.05, 3.63) is 36.0 Å². The number of aliphatic carboxylic acids is 1. The van der Waals surface area contributed by atoms with Gasteiger partial charge in [0.25, 0.3) is 0 Å². The summed E-state index contributed by atoms with van der Waals surface area (Å²) in [7, 11) is 0. The van der Waals surface area contributed by atoms with Crippen LogP contribution in [0.2, 0.25) is 0 Å². The molecule has 0 aliphatic rings. The smallest absolute Gasteiger partial charge is 0.326 e. The molecule has 2 aromatic rings. The number of fused-ring (bicyclic) bond motifs is 1. The van der Waals surface area contributed by atoms with Gasteiger partial charge in [-0.1, -0.05) is 32.0 Å². The number of hydrogen-bond donors (Lipinski definition) is 8. The number of carbonyl (C=O) groups is 5. The minimum absolute atomic E-state index is 0.0225. The average molecular weight is 574 g/mol. The number of benzene rings is 1. The summed E-state index contributed by atoms with van der Waals surface area (Å²) < 4.78 is 0. The monoisotopic (exact) mass is 573 g/mol. The Labute approximate surface area is 239 Å². The number of H-pyrrole nitrogens is 1. The molecular weight excluding hydrogens is 530 g/mol. The van der Waals surface area contributed by atoms with E-state index in [1.807, 2.05) is 38.1 Å². The fraction of sp³-hybridized carbons (Fsp3) is 0.536. The molecule has 4 unspecified atom stereocenters. The van der Waals surface area contributed by atoms with Crippen LogP contribution in [0.5, 0.6) is 0 Å². The summed E-state index contributed by atoms with van der Waals surface area (Å²) in [5.74, 6) is -3.92. The largest absolute Gasteiger partial charge is 0.480 e. The Bertz CT molecular complexity index is 1200. The number of rotatable bonds is 18. The molecule has 4 atom stereocenters. The van der Waals surface area contributed by atoms with Gasteiger partial charge in [0.1, 0.15) is 18.1 Å². The number of carbonyl (C=O) groups excluding carboxylic acids is 4. The number of hydrogen-bond acceptors (Lipinski definition) is 7. The minimum atomic E-state index is -1.25. The third-order valence-electron chi connectivity index (χ3n) is 6.67. The Morgan fingerprint density at radius 3 is 2.12 bits per heavy atom. The van der Waals surface area contributed by atoms with Crippen molar-refractivity contribution in [3.8, 4) is 0 Å². The van der Waals surface area contributed by atoms with Crippen LogP contribution in [0.3, 0.4) is 0 Å². The molecule has 2 rings (SSSR count). The van der Waals surface area contributed by atoms with Crippen LogP contribution in [0.15, 0.2) is 30.5 Å². The molecule has 0 radical (unpaired) electrons. The lowest BCUT2D eigenvalue weighted by Gasteiger charge is -2.25. The first kappa shape index (κ1) is 33.2. The van der Waals surface area contributed by atoms with Crippen molar-refractivity contribution in [1.82, 2.24) is 20.9 Å². The van der Waals surface area contributed by atoms with E-state index in [4.69, 9.17) is 17.2 Å². The molecule has 13 heteroatoms. The highest BCUT2D eigenvalue weighted by Gasteiger charge is 2.30. The summed E-state index contributed by atoms with van der Waals surface area (Å²) in [6.45, 7) is 4.01. The van der Waals surface area contributed by atoms with E-state index in [1.54, 1.807) is 6.20 Å². The second kappa shape index (κ2) is 16.3. The molecule has 0 saturated carbocycles. The van der Waals surface area contributed by atoms with Crippen molar-refractivity contribution < 1.29 is 29.1 Å². The molecule has 1 aromatic heterocycles. The van der Waals surface area contributed by atoms with Gasteiger partial charge in [-0.3, -0.25) is 19.2 Å². The fourth-order valence-electron chi connectivity index (χ4n) is 4.46. The molecule has 41 heavy (non-hydrogen) atoms. The van der Waals surface area contributed by atoms with Crippen LogP contribution >= 0.6 is 0 Å². The molecular formula is C28H43N7O6. The van der Waals surface area contributed by atoms with Crippen molar-refractivity contribution in [3.63, 3.8) is 0 Å². The first-order valence-corrected chi connectivity index (χ1v) is 13.9. The molecule has 0 bridgehead atoms. The van der Waals surface area contributed by atoms with Crippen molar-refractivity contribution in [1.29, 1.82) is 0 Å². The maximum atomic E-state index is 13.3. The lowest BCUT2D eigenvalue weighted by atomic mass is 10.0. The number of para-hydroxylation sites is 1. The third kappa shape index (κ3) is 10.8. The summed E-state index contributed by atoms with van der Waals surface area (Å²) in [5.41, 5.74) is 18.8. The van der Waals surface area contributed by atoms with Crippen LogP contribution in [-0.4, -0.2) is 70.4 Å². The lowest BCUT2D eigenvalue weighted by Crippen LogP contribution is -2.57. The molecule has 4 amide bonds. The normalized spacial score (nSPS) is 14.2. The average Bonchev–Trinajstić information content (AvgIpc) is 3.32. The molecule has 0 spiro atoms. The SMILES string of the molecule is CC(C)CC(NC(=O)C(CCC(N)=O)NC(=O)C(CCCCN)NC(=O)C(N)Cc1c[nH]c2ccccc12)C(=O)O. The maximum absolute atomic E-state index is 13.3. The van der Waals surface area contributed by atoms with Crippen LogP contribution in [0, 0.1) is 5.92 Å². The Morgan fingerprint density at radius 2 is 1.51 bits per heavy atom. The number of aromatic amines is 1. The van der Waals surface area contributed by atoms with Crippen LogP contribution in [0.1, 0.15) is 57.9 Å². The Hall–Kier alpha value is -3.97. The standard InChI is InChI=1S/C28H43N7O6/c1-16(2)13-23(28(40)41)35-27(39)22(10-11-24(31)36)34-26(38)21(9-5-6-12-29)33-25(37)19(30)14-17-15-32-20-8-4-3-7-18(17)20/h3-4,7-8,15-16,19,21-23,32H,5-6,9-14,29-30H2,1-2H3,(H2,31,36)(H,33,37)(H,34,38)(H,35,39)(H,40,41). The Kier molecular flexibility index (Phi) is 13.2. The second-order valence-corrected chi connectivity index (χ2v) is 10.6. The predicted molar refractivity (Wildman–Crippen MR) is 154 cm³/mol. The van der Waals surface area contributed by atoms with Gasteiger partial charge in [-0.15, -0.1) is 0 Å². The van der Waals surface area contributed by atoms with Gasteiger partial charge >= 0.3 is 5.97 Å². The van der Waals surface area contributed by atoms with Crippen LogP contribution in [0.4, 0.5) is 0 Å². The molecule has 1 heterocycles. The van der Waals surface area contributed by atoms with Gasteiger partial charge in [0, 0.05) is 23.5 Å². The van der Waals surface area contributed by atoms with E-state index < -0.39 is 53.8 Å². The van der Waals surface area contributed by atoms with Gasteiger partial charge in [-0.2, -0.15) is 0 Å². The van der Waals surface area contributed by atoms with E-state index in [9.17, 15) is 29.1 Å². The molecule has 11 N–H and O–H groups in total. The molecule has 0 saturated heterocycles. The number of nitrogens with one attached hydrogen (secondary N) is 4. The fourth-order valence-corrected chi connectivity index (χ4v) is 4.46. The first-order chi connectivity index (χ1) is 19.4. The molecule has 1 aromatic carbocycles. The quantitative estimate of drug-likeness (QED) is 0.113. The van der Waals surface area contributed by atoms with E-state index in [2.05, 4.69) is 20.9 Å². The summed E-state index contributed by atoms with van der Waals surface area (Å²) in [5, 5.41) is 18.1. The molecule has 0 aliphatic heterocycles. The maximum Gasteiger partial charge on any atom is 0.326 e. The van der Waals surface area contributed by atoms with Gasteiger partial charge in [-0.25, -0.2) is 4.79 Å². The summed E-state index contributed by atoms with van der Waals surface area (Å²) in [6, 6.07) is 3.17. The van der Waals surface area contributed by atoms with Crippen LogP contribution < -0.4 is 33.2 Å². The number of amides is 4. The van der Waals surface area contributed by atoms with Gasteiger partial charge in [0.05, 0.1) is 6.04 Å². The lowest BCUT2D eigenvalue weighted by molar-refractivity contribution is -0.143. The third-order valence-corrected chi connectivity index (χ3v) is 6.67. The number of primary amides is 1. The van der Waals surface area contributed by atoms with Crippen molar-refractivity contribution >= 4 is 40.5 Å². The van der Waals surface area contributed by atoms with Gasteiger partial charge in [0.15, 0.2) is 0 Å². The number of carboxylic acids is 1. The number of unbranched alkanes of at least 4 members (excludes halogenated alkanes) is 1. The first-order valence-electron chi connectivity index (χ1n) is 13.9. The number of aromatic nitrogens is 1. The zero-order chi connectivity index (χ0) is 30.5. The Morgan fingerprint density at radius 1 is 0.902 bits per heavy atom. The molecule has 0 aliphatic carbocycles. The van der Waals surface area contributed by atoms with E-state index >= 15 is 0 Å².